The Bertz CT molecular complexity index is 1010. The van der Waals surface area contributed by atoms with Crippen molar-refractivity contribution in [2.24, 2.45) is 0 Å². The molecule has 0 bridgehead atoms. The van der Waals surface area contributed by atoms with Crippen LogP contribution in [0.3, 0.4) is 0 Å². The number of carbonyl (C=O) groups is 2. The van der Waals surface area contributed by atoms with E-state index in [-0.39, 0.29) is 29.1 Å². The zero-order chi connectivity index (χ0) is 20.4. The second-order valence-corrected chi connectivity index (χ2v) is 6.53. The predicted molar refractivity (Wildman–Crippen MR) is 101 cm³/mol. The first-order chi connectivity index (χ1) is 14.1. The van der Waals surface area contributed by atoms with E-state index in [4.69, 9.17) is 9.15 Å². The summed E-state index contributed by atoms with van der Waals surface area (Å²) >= 11 is 0. The van der Waals surface area contributed by atoms with E-state index in [0.717, 1.165) is 0 Å². The lowest BCUT2D eigenvalue weighted by molar-refractivity contribution is 0.0513. The molecule has 0 spiro atoms. The number of hydrogen-bond donors (Lipinski definition) is 0. The number of furan rings is 1. The molecule has 150 valence electrons. The van der Waals surface area contributed by atoms with Crippen molar-refractivity contribution in [3.63, 3.8) is 0 Å². The Morgan fingerprint density at radius 1 is 1.03 bits per heavy atom. The van der Waals surface area contributed by atoms with E-state index in [1.165, 1.54) is 30.2 Å². The molecule has 0 aliphatic carbocycles. The van der Waals surface area contributed by atoms with Gasteiger partial charge in [-0.3, -0.25) is 9.59 Å². The lowest BCUT2D eigenvalue weighted by atomic mass is 10.2. The molecule has 2 aromatic heterocycles. The molecule has 0 unspecified atom stereocenters. The van der Waals surface area contributed by atoms with Crippen molar-refractivity contribution in [3.8, 4) is 11.4 Å². The predicted octanol–water partition coefficient (Wildman–Crippen LogP) is 2.21. The Labute approximate surface area is 166 Å². The van der Waals surface area contributed by atoms with Crippen LogP contribution >= 0.6 is 0 Å². The van der Waals surface area contributed by atoms with Crippen molar-refractivity contribution in [2.45, 2.75) is 0 Å². The highest BCUT2D eigenvalue weighted by atomic mass is 19.1. The number of ether oxygens (including phenoxy) is 1. The number of rotatable bonds is 4. The average Bonchev–Trinajstić information content (AvgIpc) is 3.43. The molecule has 1 aliphatic heterocycles. The maximum Gasteiger partial charge on any atom is 0.289 e. The van der Waals surface area contributed by atoms with Gasteiger partial charge in [0.25, 0.3) is 11.8 Å². The van der Waals surface area contributed by atoms with Gasteiger partial charge in [-0.15, -0.1) is 0 Å². The quantitative estimate of drug-likeness (QED) is 0.673. The van der Waals surface area contributed by atoms with Crippen LogP contribution in [-0.2, 0) is 0 Å². The van der Waals surface area contributed by atoms with Crippen molar-refractivity contribution in [1.29, 1.82) is 0 Å². The first-order valence-electron chi connectivity index (χ1n) is 9.08. The number of halogens is 1. The van der Waals surface area contributed by atoms with Gasteiger partial charge in [0.1, 0.15) is 5.82 Å². The van der Waals surface area contributed by atoms with Crippen molar-refractivity contribution in [1.82, 2.24) is 19.6 Å². The van der Waals surface area contributed by atoms with Crippen molar-refractivity contribution in [2.75, 3.05) is 33.3 Å². The van der Waals surface area contributed by atoms with Crippen LogP contribution in [0.25, 0.3) is 5.69 Å². The Morgan fingerprint density at radius 3 is 2.28 bits per heavy atom. The van der Waals surface area contributed by atoms with E-state index >= 15 is 0 Å². The van der Waals surface area contributed by atoms with Crippen molar-refractivity contribution < 1.29 is 23.1 Å². The van der Waals surface area contributed by atoms with Crippen LogP contribution in [0, 0.1) is 5.82 Å². The van der Waals surface area contributed by atoms with Crippen LogP contribution in [0.15, 0.2) is 53.3 Å². The normalized spacial score (nSPS) is 14.1. The van der Waals surface area contributed by atoms with Gasteiger partial charge in [-0.1, -0.05) is 0 Å². The van der Waals surface area contributed by atoms with E-state index in [0.29, 0.717) is 37.6 Å². The molecule has 9 heteroatoms. The molecular formula is C20H19FN4O4. The maximum absolute atomic E-state index is 13.2. The summed E-state index contributed by atoms with van der Waals surface area (Å²) in [5.74, 6) is -0.225. The molecule has 1 saturated heterocycles. The lowest BCUT2D eigenvalue weighted by Crippen LogP contribution is -2.50. The summed E-state index contributed by atoms with van der Waals surface area (Å²) in [7, 11) is 1.46. The first kappa shape index (κ1) is 18.7. The van der Waals surface area contributed by atoms with E-state index in [1.54, 1.807) is 40.3 Å². The average molecular weight is 398 g/mol. The summed E-state index contributed by atoms with van der Waals surface area (Å²) in [4.78, 5) is 28.6. The number of methoxy groups -OCH3 is 1. The largest absolute Gasteiger partial charge is 0.493 e. The molecular weight excluding hydrogens is 379 g/mol. The third kappa shape index (κ3) is 3.71. The van der Waals surface area contributed by atoms with Gasteiger partial charge < -0.3 is 19.0 Å². The van der Waals surface area contributed by atoms with Gasteiger partial charge in [0.2, 0.25) is 0 Å². The van der Waals surface area contributed by atoms with Crippen molar-refractivity contribution >= 4 is 11.8 Å². The number of aromatic nitrogens is 2. The molecule has 2 amide bonds. The fourth-order valence-corrected chi connectivity index (χ4v) is 3.20. The van der Waals surface area contributed by atoms with Crippen LogP contribution in [0.4, 0.5) is 4.39 Å². The van der Waals surface area contributed by atoms with E-state index < -0.39 is 0 Å². The number of amides is 2. The van der Waals surface area contributed by atoms with Crippen LogP contribution in [-0.4, -0.2) is 64.7 Å². The molecule has 3 aromatic rings. The molecule has 3 heterocycles. The Kier molecular flexibility index (Phi) is 5.03. The number of benzene rings is 1. The molecule has 1 aliphatic rings. The fraction of sp³-hybridized carbons (Fsp3) is 0.250. The molecule has 8 nitrogen and oxygen atoms in total. The molecule has 4 rings (SSSR count). The minimum absolute atomic E-state index is 0.169. The summed E-state index contributed by atoms with van der Waals surface area (Å²) in [5.41, 5.74) is 0.778. The zero-order valence-electron chi connectivity index (χ0n) is 15.7. The van der Waals surface area contributed by atoms with Gasteiger partial charge in [0.05, 0.1) is 25.3 Å². The summed E-state index contributed by atoms with van der Waals surface area (Å²) in [6.07, 6.45) is 3.04. The van der Waals surface area contributed by atoms with Gasteiger partial charge in [-0.25, -0.2) is 9.07 Å². The fourth-order valence-electron chi connectivity index (χ4n) is 3.20. The van der Waals surface area contributed by atoms with Crippen LogP contribution in [0.5, 0.6) is 5.75 Å². The number of hydrogen-bond acceptors (Lipinski definition) is 5. The maximum atomic E-state index is 13.2. The van der Waals surface area contributed by atoms with E-state index in [2.05, 4.69) is 5.10 Å². The number of nitrogens with zero attached hydrogens (tertiary/aromatic N) is 4. The van der Waals surface area contributed by atoms with E-state index in [1.807, 2.05) is 0 Å². The van der Waals surface area contributed by atoms with Crippen molar-refractivity contribution in [3.05, 3.63) is 66.1 Å². The standard InChI is InChI=1S/C20H19FN4O4/c1-28-17-13-25(15-6-4-14(21)5-7-15)22-18(17)20(27)24-10-8-23(9-11-24)19(26)16-3-2-12-29-16/h2-7,12-13H,8-11H2,1H3. The highest BCUT2D eigenvalue weighted by molar-refractivity contribution is 5.95. The SMILES string of the molecule is COc1cn(-c2ccc(F)cc2)nc1C(=O)N1CCN(C(=O)c2ccco2)CC1. The third-order valence-corrected chi connectivity index (χ3v) is 4.78. The van der Waals surface area contributed by atoms with Gasteiger partial charge in [0, 0.05) is 26.2 Å². The third-order valence-electron chi connectivity index (χ3n) is 4.78. The molecule has 0 radical (unpaired) electrons. The van der Waals surface area contributed by atoms with Crippen LogP contribution in [0.1, 0.15) is 21.0 Å². The molecule has 0 N–H and O–H groups in total. The Balaban J connectivity index is 1.47. The highest BCUT2D eigenvalue weighted by Gasteiger charge is 2.29. The zero-order valence-corrected chi connectivity index (χ0v) is 15.7. The molecule has 29 heavy (non-hydrogen) atoms. The van der Waals surface area contributed by atoms with Crippen LogP contribution in [0.2, 0.25) is 0 Å². The number of piperazine rings is 1. The first-order valence-corrected chi connectivity index (χ1v) is 9.08. The second kappa shape index (κ2) is 7.78. The molecule has 0 atom stereocenters. The Morgan fingerprint density at radius 2 is 1.69 bits per heavy atom. The van der Waals surface area contributed by atoms with Crippen LogP contribution < -0.4 is 4.74 Å². The highest BCUT2D eigenvalue weighted by Crippen LogP contribution is 2.22. The topological polar surface area (TPSA) is 80.8 Å². The molecule has 1 aromatic carbocycles. The van der Waals surface area contributed by atoms with Gasteiger partial charge in [-0.05, 0) is 36.4 Å². The molecule has 0 saturated carbocycles. The summed E-state index contributed by atoms with van der Waals surface area (Å²) in [6, 6.07) is 9.05. The minimum Gasteiger partial charge on any atom is -0.493 e. The monoisotopic (exact) mass is 398 g/mol. The smallest absolute Gasteiger partial charge is 0.289 e. The summed E-state index contributed by atoms with van der Waals surface area (Å²) < 4.78 is 25.1. The lowest BCUT2D eigenvalue weighted by Gasteiger charge is -2.34. The number of carbonyl (C=O) groups excluding carboxylic acids is 2. The van der Waals surface area contributed by atoms with E-state index in [9.17, 15) is 14.0 Å². The Hall–Kier alpha value is -3.62. The van der Waals surface area contributed by atoms with Gasteiger partial charge >= 0.3 is 0 Å². The molecule has 1 fully saturated rings. The van der Waals surface area contributed by atoms with Gasteiger partial charge in [0.15, 0.2) is 17.2 Å². The van der Waals surface area contributed by atoms with Gasteiger partial charge in [-0.2, -0.15) is 5.10 Å². The second-order valence-electron chi connectivity index (χ2n) is 6.53. The summed E-state index contributed by atoms with van der Waals surface area (Å²) in [5, 5.41) is 4.33. The summed E-state index contributed by atoms with van der Waals surface area (Å²) in [6.45, 7) is 1.54. The minimum atomic E-state index is -0.355.